The van der Waals surface area contributed by atoms with Gasteiger partial charge < -0.3 is 14.5 Å². The Kier molecular flexibility index (Phi) is 5.41. The Morgan fingerprint density at radius 1 is 0.758 bits per heavy atom. The maximum atomic E-state index is 13.6. The number of H-pyrrole nitrogens is 1. The quantitative estimate of drug-likeness (QED) is 0.340. The average molecular weight is 440 g/mol. The van der Waals surface area contributed by atoms with Gasteiger partial charge in [0.05, 0.1) is 27.8 Å². The summed E-state index contributed by atoms with van der Waals surface area (Å²) in [6.07, 6.45) is 2.06. The van der Waals surface area contributed by atoms with Gasteiger partial charge in [0.25, 0.3) is 0 Å². The lowest BCUT2D eigenvalue weighted by atomic mass is 10.0. The number of rotatable bonds is 6. The maximum absolute atomic E-state index is 13.6. The lowest BCUT2D eigenvalue weighted by molar-refractivity contribution is 0.747. The number of aryl methyl sites for hydroxylation is 1. The molecule has 0 fully saturated rings. The fraction of sp³-hybridized carbons (Fsp3) is 0.286. The summed E-state index contributed by atoms with van der Waals surface area (Å²) in [4.78, 5) is 32.9. The molecule has 5 aromatic rings. The third kappa shape index (κ3) is 3.30. The second-order valence-corrected chi connectivity index (χ2v) is 8.65. The minimum absolute atomic E-state index is 0.0000218. The molecule has 5 nitrogen and oxygen atoms in total. The molecule has 3 aromatic carbocycles. The first-order chi connectivity index (χ1) is 16.1. The third-order valence-electron chi connectivity index (χ3n) is 6.55. The molecule has 0 aliphatic carbocycles. The number of pyridine rings is 2. The highest BCUT2D eigenvalue weighted by Gasteiger charge is 2.16. The first-order valence-corrected chi connectivity index (χ1v) is 11.9. The number of aromatic nitrogens is 2. The molecule has 1 N–H and O–H groups in total. The number of nitrogens with one attached hydrogen (secondary N) is 1. The molecule has 5 heteroatoms. The van der Waals surface area contributed by atoms with Gasteiger partial charge in [0.2, 0.25) is 0 Å². The summed E-state index contributed by atoms with van der Waals surface area (Å²) in [5, 5.41) is 2.63. The number of hydrogen-bond acceptors (Lipinski definition) is 3. The zero-order valence-electron chi connectivity index (χ0n) is 19.4. The Balaban J connectivity index is 1.90. The van der Waals surface area contributed by atoms with E-state index in [1.54, 1.807) is 0 Å². The number of fused-ring (bicyclic) bond motifs is 4. The van der Waals surface area contributed by atoms with Crippen molar-refractivity contribution in [3.8, 4) is 0 Å². The summed E-state index contributed by atoms with van der Waals surface area (Å²) in [6, 6.07) is 17.4. The van der Waals surface area contributed by atoms with Gasteiger partial charge in [-0.25, -0.2) is 0 Å². The topological polar surface area (TPSA) is 58.1 Å². The van der Waals surface area contributed by atoms with Crippen molar-refractivity contribution >= 4 is 49.3 Å². The van der Waals surface area contributed by atoms with Gasteiger partial charge in [0.1, 0.15) is 0 Å². The molecule has 0 amide bonds. The van der Waals surface area contributed by atoms with Crippen molar-refractivity contribution in [3.05, 3.63) is 75.0 Å². The Labute approximate surface area is 192 Å². The standard InChI is InChI=1S/C28H29N3O2/c1-4-14-30(15-5-2)24-13-9-11-19-26(24)29-22-16-21-25(17-20(22)28(19)33)31(6-3)23-12-8-7-10-18(23)27(21)32/h7-13,16-17H,4-6,14-15H2,1-3H3,(H,29,33). The van der Waals surface area contributed by atoms with Crippen LogP contribution in [0.3, 0.4) is 0 Å². The highest BCUT2D eigenvalue weighted by molar-refractivity contribution is 6.05. The number of benzene rings is 3. The molecule has 168 valence electrons. The Bertz CT molecular complexity index is 1620. The molecular formula is C28H29N3O2. The van der Waals surface area contributed by atoms with E-state index in [1.165, 1.54) is 0 Å². The van der Waals surface area contributed by atoms with E-state index < -0.39 is 0 Å². The molecule has 0 aliphatic rings. The fourth-order valence-corrected chi connectivity index (χ4v) is 5.10. The van der Waals surface area contributed by atoms with Crippen molar-refractivity contribution < 1.29 is 0 Å². The molecule has 0 aliphatic heterocycles. The molecule has 0 bridgehead atoms. The largest absolute Gasteiger partial charge is 0.370 e. The molecule has 0 radical (unpaired) electrons. The van der Waals surface area contributed by atoms with Crippen molar-refractivity contribution in [1.29, 1.82) is 0 Å². The number of nitrogens with zero attached hydrogens (tertiary/aromatic N) is 2. The van der Waals surface area contributed by atoms with E-state index >= 15 is 0 Å². The van der Waals surface area contributed by atoms with E-state index in [2.05, 4.69) is 41.3 Å². The fourth-order valence-electron chi connectivity index (χ4n) is 5.10. The molecule has 0 spiro atoms. The van der Waals surface area contributed by atoms with Crippen LogP contribution in [0.4, 0.5) is 5.69 Å². The van der Waals surface area contributed by atoms with Gasteiger partial charge in [0, 0.05) is 41.2 Å². The van der Waals surface area contributed by atoms with Crippen molar-refractivity contribution in [3.63, 3.8) is 0 Å². The molecule has 2 aromatic heterocycles. The van der Waals surface area contributed by atoms with Crippen molar-refractivity contribution in [2.75, 3.05) is 18.0 Å². The predicted octanol–water partition coefficient (Wildman–Crippen LogP) is 5.80. The first-order valence-electron chi connectivity index (χ1n) is 11.9. The normalized spacial score (nSPS) is 11.7. The lowest BCUT2D eigenvalue weighted by Crippen LogP contribution is -2.25. The molecule has 5 rings (SSSR count). The number of aromatic amines is 1. The number of hydrogen-bond donors (Lipinski definition) is 1. The van der Waals surface area contributed by atoms with E-state index in [0.29, 0.717) is 33.6 Å². The SMILES string of the molecule is CCCN(CCC)c1cccc2c(=O)c3cc4c(cc3[nH]c12)c(=O)c1ccccc1n4CC. The molecule has 0 unspecified atom stereocenters. The monoisotopic (exact) mass is 439 g/mol. The van der Waals surface area contributed by atoms with Gasteiger partial charge in [0.15, 0.2) is 10.9 Å². The van der Waals surface area contributed by atoms with Crippen LogP contribution in [-0.2, 0) is 6.54 Å². The molecular weight excluding hydrogens is 410 g/mol. The average Bonchev–Trinajstić information content (AvgIpc) is 2.84. The van der Waals surface area contributed by atoms with E-state index in [4.69, 9.17) is 0 Å². The van der Waals surface area contributed by atoms with Crippen LogP contribution in [0.5, 0.6) is 0 Å². The van der Waals surface area contributed by atoms with Gasteiger partial charge in [-0.15, -0.1) is 0 Å². The van der Waals surface area contributed by atoms with Gasteiger partial charge in [-0.05, 0) is 56.2 Å². The summed E-state index contributed by atoms with van der Waals surface area (Å²) < 4.78 is 2.12. The van der Waals surface area contributed by atoms with Crippen molar-refractivity contribution in [2.45, 2.75) is 40.2 Å². The van der Waals surface area contributed by atoms with Crippen LogP contribution in [0.25, 0.3) is 43.6 Å². The van der Waals surface area contributed by atoms with E-state index in [-0.39, 0.29) is 10.9 Å². The number of anilines is 1. The van der Waals surface area contributed by atoms with Crippen molar-refractivity contribution in [1.82, 2.24) is 9.55 Å². The smallest absolute Gasteiger partial charge is 0.197 e. The van der Waals surface area contributed by atoms with Crippen LogP contribution in [0, 0.1) is 0 Å². The van der Waals surface area contributed by atoms with E-state index in [0.717, 1.165) is 48.2 Å². The minimum atomic E-state index is -0.00120. The summed E-state index contributed by atoms with van der Waals surface area (Å²) in [7, 11) is 0. The Morgan fingerprint density at radius 3 is 2.18 bits per heavy atom. The van der Waals surface area contributed by atoms with Gasteiger partial charge in [-0.2, -0.15) is 0 Å². The zero-order chi connectivity index (χ0) is 23.1. The summed E-state index contributed by atoms with van der Waals surface area (Å²) in [5.74, 6) is 0. The van der Waals surface area contributed by atoms with Crippen LogP contribution in [0.1, 0.15) is 33.6 Å². The van der Waals surface area contributed by atoms with E-state index in [1.807, 2.05) is 48.5 Å². The minimum Gasteiger partial charge on any atom is -0.370 e. The third-order valence-corrected chi connectivity index (χ3v) is 6.55. The maximum Gasteiger partial charge on any atom is 0.197 e. The molecule has 2 heterocycles. The Morgan fingerprint density at radius 2 is 1.45 bits per heavy atom. The second kappa shape index (κ2) is 8.39. The molecule has 33 heavy (non-hydrogen) atoms. The lowest BCUT2D eigenvalue weighted by Gasteiger charge is -2.25. The molecule has 0 saturated heterocycles. The van der Waals surface area contributed by atoms with Gasteiger partial charge >= 0.3 is 0 Å². The van der Waals surface area contributed by atoms with Crippen LogP contribution >= 0.6 is 0 Å². The predicted molar refractivity (Wildman–Crippen MR) is 140 cm³/mol. The first kappa shape index (κ1) is 21.3. The Hall–Kier alpha value is -3.60. The summed E-state index contributed by atoms with van der Waals surface area (Å²) >= 11 is 0. The van der Waals surface area contributed by atoms with Crippen LogP contribution in [0.2, 0.25) is 0 Å². The van der Waals surface area contributed by atoms with Gasteiger partial charge in [-0.3, -0.25) is 9.59 Å². The molecule has 0 saturated carbocycles. The number of para-hydroxylation sites is 2. The van der Waals surface area contributed by atoms with Crippen molar-refractivity contribution in [2.24, 2.45) is 0 Å². The van der Waals surface area contributed by atoms with Gasteiger partial charge in [-0.1, -0.05) is 32.0 Å². The van der Waals surface area contributed by atoms with E-state index in [9.17, 15) is 9.59 Å². The second-order valence-electron chi connectivity index (χ2n) is 8.65. The van der Waals surface area contributed by atoms with Crippen LogP contribution in [-0.4, -0.2) is 22.6 Å². The van der Waals surface area contributed by atoms with Crippen LogP contribution in [0.15, 0.2) is 64.2 Å². The zero-order valence-corrected chi connectivity index (χ0v) is 19.4. The van der Waals surface area contributed by atoms with Crippen LogP contribution < -0.4 is 15.8 Å². The highest BCUT2D eigenvalue weighted by Crippen LogP contribution is 2.28. The molecule has 0 atom stereocenters. The highest BCUT2D eigenvalue weighted by atomic mass is 16.1. The summed E-state index contributed by atoms with van der Waals surface area (Å²) in [6.45, 7) is 8.97. The summed E-state index contributed by atoms with van der Waals surface area (Å²) in [5.41, 5.74) is 4.28.